The summed E-state index contributed by atoms with van der Waals surface area (Å²) in [6, 6.07) is 9.15. The summed E-state index contributed by atoms with van der Waals surface area (Å²) in [7, 11) is 0. The molecule has 0 aliphatic carbocycles. The predicted octanol–water partition coefficient (Wildman–Crippen LogP) is 4.28. The van der Waals surface area contributed by atoms with Crippen LogP contribution in [-0.2, 0) is 6.54 Å². The van der Waals surface area contributed by atoms with Crippen molar-refractivity contribution in [2.75, 3.05) is 5.32 Å². The van der Waals surface area contributed by atoms with Crippen molar-refractivity contribution in [3.05, 3.63) is 69.5 Å². The third-order valence-electron chi connectivity index (χ3n) is 2.87. The lowest BCUT2D eigenvalue weighted by Crippen LogP contribution is -2.01. The summed E-state index contributed by atoms with van der Waals surface area (Å²) in [6.45, 7) is 0.284. The Morgan fingerprint density at radius 3 is 2.38 bits per heavy atom. The molecule has 2 aromatic rings. The van der Waals surface area contributed by atoms with Crippen molar-refractivity contribution < 1.29 is 18.1 Å². The van der Waals surface area contributed by atoms with Gasteiger partial charge in [-0.15, -0.1) is 0 Å². The minimum absolute atomic E-state index is 0.0730. The molecule has 0 saturated heterocycles. The normalized spacial score (nSPS) is 10.7. The van der Waals surface area contributed by atoms with Gasteiger partial charge in [-0.2, -0.15) is 4.39 Å². The maximum absolute atomic E-state index is 13.2. The molecule has 21 heavy (non-hydrogen) atoms. The van der Waals surface area contributed by atoms with Gasteiger partial charge < -0.3 is 5.32 Å². The zero-order valence-electron chi connectivity index (χ0n) is 10.7. The monoisotopic (exact) mass is 296 g/mol. The lowest BCUT2D eigenvalue weighted by molar-refractivity contribution is -0.387. The van der Waals surface area contributed by atoms with Crippen LogP contribution < -0.4 is 5.32 Å². The van der Waals surface area contributed by atoms with Crippen molar-refractivity contribution in [3.8, 4) is 0 Å². The number of alkyl halides is 2. The Morgan fingerprint density at radius 2 is 1.81 bits per heavy atom. The summed E-state index contributed by atoms with van der Waals surface area (Å²) in [4.78, 5) is 9.81. The maximum atomic E-state index is 13.2. The topological polar surface area (TPSA) is 55.2 Å². The summed E-state index contributed by atoms with van der Waals surface area (Å²) in [6.07, 6.45) is -2.52. The smallest absolute Gasteiger partial charge is 0.306 e. The van der Waals surface area contributed by atoms with E-state index >= 15 is 0 Å². The van der Waals surface area contributed by atoms with Crippen LogP contribution in [0.25, 0.3) is 0 Å². The van der Waals surface area contributed by atoms with Crippen LogP contribution in [-0.4, -0.2) is 4.92 Å². The first-order valence-electron chi connectivity index (χ1n) is 6.02. The quantitative estimate of drug-likeness (QED) is 0.661. The van der Waals surface area contributed by atoms with E-state index in [2.05, 4.69) is 5.32 Å². The van der Waals surface area contributed by atoms with Crippen LogP contribution in [0, 0.1) is 15.9 Å². The molecule has 0 fully saturated rings. The molecule has 0 radical (unpaired) electrons. The van der Waals surface area contributed by atoms with E-state index in [0.717, 1.165) is 17.7 Å². The fraction of sp³-hybridized carbons (Fsp3) is 0.143. The number of nitrogens with one attached hydrogen (secondary N) is 1. The third-order valence-corrected chi connectivity index (χ3v) is 2.87. The van der Waals surface area contributed by atoms with E-state index < -0.39 is 22.9 Å². The number of halogens is 3. The molecule has 0 amide bonds. The van der Waals surface area contributed by atoms with Gasteiger partial charge in [-0.1, -0.05) is 24.3 Å². The Morgan fingerprint density at radius 1 is 1.14 bits per heavy atom. The van der Waals surface area contributed by atoms with Crippen molar-refractivity contribution in [2.45, 2.75) is 13.0 Å². The number of nitro groups is 1. The zero-order valence-corrected chi connectivity index (χ0v) is 10.7. The highest BCUT2D eigenvalue weighted by molar-refractivity contribution is 5.52. The van der Waals surface area contributed by atoms with E-state index in [9.17, 15) is 23.3 Å². The molecule has 2 rings (SSSR count). The van der Waals surface area contributed by atoms with E-state index in [4.69, 9.17) is 0 Å². The van der Waals surface area contributed by atoms with Crippen LogP contribution in [0.2, 0.25) is 0 Å². The summed E-state index contributed by atoms with van der Waals surface area (Å²) < 4.78 is 37.9. The number of nitrogens with zero attached hydrogens (tertiary/aromatic N) is 1. The number of hydrogen-bond donors (Lipinski definition) is 1. The summed E-state index contributed by atoms with van der Waals surface area (Å²) in [5.74, 6) is -0.910. The molecule has 2 aromatic carbocycles. The molecule has 4 nitrogen and oxygen atoms in total. The molecule has 0 saturated carbocycles. The SMILES string of the molecule is O=[N+]([O-])c1cc(NCc2ccc(C(F)F)cc2)ccc1F. The van der Waals surface area contributed by atoms with Crippen LogP contribution in [0.15, 0.2) is 42.5 Å². The highest BCUT2D eigenvalue weighted by Gasteiger charge is 2.14. The number of nitro benzene ring substituents is 1. The van der Waals surface area contributed by atoms with Crippen LogP contribution in [0.3, 0.4) is 0 Å². The Kier molecular flexibility index (Phi) is 4.42. The first-order chi connectivity index (χ1) is 9.97. The largest absolute Gasteiger partial charge is 0.381 e. The van der Waals surface area contributed by atoms with Crippen molar-refractivity contribution in [3.63, 3.8) is 0 Å². The fourth-order valence-corrected chi connectivity index (χ4v) is 1.75. The van der Waals surface area contributed by atoms with Crippen molar-refractivity contribution in [1.82, 2.24) is 0 Å². The summed E-state index contributed by atoms with van der Waals surface area (Å²) in [5.41, 5.74) is 0.414. The van der Waals surface area contributed by atoms with Crippen LogP contribution >= 0.6 is 0 Å². The van der Waals surface area contributed by atoms with Crippen molar-refractivity contribution in [1.29, 1.82) is 0 Å². The van der Waals surface area contributed by atoms with E-state index in [-0.39, 0.29) is 12.1 Å². The molecule has 0 heterocycles. The lowest BCUT2D eigenvalue weighted by Gasteiger charge is -2.07. The molecule has 1 N–H and O–H groups in total. The number of hydrogen-bond acceptors (Lipinski definition) is 3. The van der Waals surface area contributed by atoms with E-state index in [1.807, 2.05) is 0 Å². The van der Waals surface area contributed by atoms with Gasteiger partial charge in [0.25, 0.3) is 6.43 Å². The number of rotatable bonds is 5. The van der Waals surface area contributed by atoms with Crippen LogP contribution in [0.5, 0.6) is 0 Å². The lowest BCUT2D eigenvalue weighted by atomic mass is 10.1. The van der Waals surface area contributed by atoms with Gasteiger partial charge in [0.2, 0.25) is 5.82 Å². The second kappa shape index (κ2) is 6.25. The zero-order chi connectivity index (χ0) is 15.4. The van der Waals surface area contributed by atoms with Gasteiger partial charge in [-0.25, -0.2) is 8.78 Å². The molecule has 0 aliphatic heterocycles. The number of benzene rings is 2. The Balaban J connectivity index is 2.06. The minimum atomic E-state index is -2.52. The average Bonchev–Trinajstić information content (AvgIpc) is 2.46. The standard InChI is InChI=1S/C14H11F3N2O2/c15-12-6-5-11(7-13(12)19(20)21)18-8-9-1-3-10(4-2-9)14(16)17/h1-7,14,18H,8H2. The third kappa shape index (κ3) is 3.71. The van der Waals surface area contributed by atoms with E-state index in [0.29, 0.717) is 5.69 Å². The highest BCUT2D eigenvalue weighted by Crippen LogP contribution is 2.23. The Hall–Kier alpha value is -2.57. The van der Waals surface area contributed by atoms with Gasteiger partial charge in [0.05, 0.1) is 4.92 Å². The van der Waals surface area contributed by atoms with Crippen molar-refractivity contribution in [2.24, 2.45) is 0 Å². The van der Waals surface area contributed by atoms with Crippen LogP contribution in [0.1, 0.15) is 17.6 Å². The number of anilines is 1. The Labute approximate surface area is 118 Å². The second-order valence-corrected chi connectivity index (χ2v) is 4.32. The molecular formula is C14H11F3N2O2. The molecule has 110 valence electrons. The summed E-state index contributed by atoms with van der Waals surface area (Å²) in [5, 5.41) is 13.5. The molecule has 0 aromatic heterocycles. The van der Waals surface area contributed by atoms with Gasteiger partial charge in [0, 0.05) is 23.9 Å². The molecule has 0 unspecified atom stereocenters. The maximum Gasteiger partial charge on any atom is 0.306 e. The van der Waals surface area contributed by atoms with E-state index in [1.54, 1.807) is 0 Å². The molecule has 0 atom stereocenters. The molecular weight excluding hydrogens is 285 g/mol. The molecule has 7 heteroatoms. The first-order valence-corrected chi connectivity index (χ1v) is 6.02. The van der Waals surface area contributed by atoms with E-state index in [1.165, 1.54) is 30.3 Å². The minimum Gasteiger partial charge on any atom is -0.381 e. The van der Waals surface area contributed by atoms with Crippen LogP contribution in [0.4, 0.5) is 24.5 Å². The molecule has 0 bridgehead atoms. The van der Waals surface area contributed by atoms with Gasteiger partial charge >= 0.3 is 5.69 Å². The second-order valence-electron chi connectivity index (χ2n) is 4.32. The molecule has 0 spiro atoms. The highest BCUT2D eigenvalue weighted by atomic mass is 19.3. The fourth-order valence-electron chi connectivity index (χ4n) is 1.75. The average molecular weight is 296 g/mol. The van der Waals surface area contributed by atoms with Gasteiger partial charge in [0.15, 0.2) is 0 Å². The molecule has 0 aliphatic rings. The summed E-state index contributed by atoms with van der Waals surface area (Å²) >= 11 is 0. The first kappa shape index (κ1) is 14.8. The van der Waals surface area contributed by atoms with Gasteiger partial charge in [-0.05, 0) is 17.7 Å². The van der Waals surface area contributed by atoms with Gasteiger partial charge in [-0.3, -0.25) is 10.1 Å². The Bertz CT molecular complexity index is 645. The van der Waals surface area contributed by atoms with Crippen molar-refractivity contribution >= 4 is 11.4 Å². The predicted molar refractivity (Wildman–Crippen MR) is 71.8 cm³/mol. The van der Waals surface area contributed by atoms with Gasteiger partial charge in [0.1, 0.15) is 0 Å².